The van der Waals surface area contributed by atoms with Crippen LogP contribution in [0.25, 0.3) is 11.4 Å². The number of hydrogen-bond acceptors (Lipinski definition) is 4. The van der Waals surface area contributed by atoms with E-state index in [1.54, 1.807) is 0 Å². The molecule has 1 aromatic heterocycles. The average molecular weight is 211 g/mol. The maximum Gasteiger partial charge on any atom is 1.00 e. The van der Waals surface area contributed by atoms with Crippen LogP contribution in [0.4, 0.5) is 0 Å². The molecule has 2 N–H and O–H groups in total. The first-order valence-corrected chi connectivity index (χ1v) is 4.13. The molecule has 0 saturated carbocycles. The maximum atomic E-state index is 10.8. The molecule has 0 bridgehead atoms. The summed E-state index contributed by atoms with van der Waals surface area (Å²) in [6.07, 6.45) is 0. The number of H-pyrrole nitrogens is 2. The number of aromatic amines is 2. The van der Waals surface area contributed by atoms with E-state index in [0.29, 0.717) is 11.4 Å². The van der Waals surface area contributed by atoms with Gasteiger partial charge in [-0.15, -0.1) is 0 Å². The molecule has 16 heavy (non-hydrogen) atoms. The fourth-order valence-corrected chi connectivity index (χ4v) is 1.17. The van der Waals surface area contributed by atoms with E-state index >= 15 is 0 Å². The van der Waals surface area contributed by atoms with E-state index in [1.165, 1.54) is 24.3 Å². The van der Waals surface area contributed by atoms with Gasteiger partial charge in [-0.3, -0.25) is 4.98 Å². The normalized spacial score (nSPS) is 9.50. The van der Waals surface area contributed by atoms with Crippen LogP contribution in [0.3, 0.4) is 0 Å². The zero-order valence-electron chi connectivity index (χ0n) is 8.48. The molecule has 0 aliphatic rings. The van der Waals surface area contributed by atoms with Crippen LogP contribution in [0, 0.1) is 0 Å². The van der Waals surface area contributed by atoms with Crippen molar-refractivity contribution in [3.05, 3.63) is 40.3 Å². The predicted molar refractivity (Wildman–Crippen MR) is 49.0 cm³/mol. The minimum atomic E-state index is -1.24. The molecule has 0 unspecified atom stereocenters. The molecule has 1 aromatic carbocycles. The third kappa shape index (κ3) is 2.42. The van der Waals surface area contributed by atoms with E-state index in [1.807, 2.05) is 0 Å². The number of carbonyl (C=O) groups excluding carboxylic acids is 1. The molecule has 0 fully saturated rings. The molecule has 0 aliphatic heterocycles. The third-order valence-electron chi connectivity index (χ3n) is 1.90. The second-order valence-electron chi connectivity index (χ2n) is 2.89. The molecule has 0 atom stereocenters. The second-order valence-corrected chi connectivity index (χ2v) is 2.89. The Hall–Kier alpha value is -1.77. The van der Waals surface area contributed by atoms with Crippen LogP contribution in [-0.2, 0) is 0 Å². The van der Waals surface area contributed by atoms with Gasteiger partial charge in [0.2, 0.25) is 0 Å². The van der Waals surface area contributed by atoms with Crippen LogP contribution in [0.15, 0.2) is 29.1 Å². The Labute approximate surface area is 102 Å². The number of carboxylic acid groups (broad SMARTS) is 1. The van der Waals surface area contributed by atoms with E-state index < -0.39 is 11.7 Å². The summed E-state index contributed by atoms with van der Waals surface area (Å²) in [7, 11) is 0. The molecular formula is C9H6LiN3O3. The molecule has 6 nitrogen and oxygen atoms in total. The van der Waals surface area contributed by atoms with Crippen LogP contribution in [0.1, 0.15) is 10.4 Å². The number of nitrogens with one attached hydrogen (secondary N) is 2. The van der Waals surface area contributed by atoms with E-state index in [0.717, 1.165) is 0 Å². The number of nitrogens with zero attached hydrogens (tertiary/aromatic N) is 1. The van der Waals surface area contributed by atoms with Gasteiger partial charge in [0, 0.05) is 5.56 Å². The van der Waals surface area contributed by atoms with Crippen molar-refractivity contribution < 1.29 is 28.8 Å². The summed E-state index contributed by atoms with van der Waals surface area (Å²) in [6, 6.07) is 5.85. The van der Waals surface area contributed by atoms with E-state index in [9.17, 15) is 14.7 Å². The number of benzene rings is 1. The number of carbonyl (C=O) groups is 1. The Balaban J connectivity index is 0.00000128. The van der Waals surface area contributed by atoms with Crippen molar-refractivity contribution >= 4 is 5.97 Å². The van der Waals surface area contributed by atoms with E-state index in [2.05, 4.69) is 15.2 Å². The number of aromatic nitrogens is 3. The molecule has 0 amide bonds. The Morgan fingerprint density at radius 2 is 1.88 bits per heavy atom. The number of aromatic carboxylic acids is 1. The van der Waals surface area contributed by atoms with Crippen molar-refractivity contribution in [1.29, 1.82) is 0 Å². The topological polar surface area (TPSA) is 102 Å². The second kappa shape index (κ2) is 4.83. The van der Waals surface area contributed by atoms with E-state index in [4.69, 9.17) is 0 Å². The van der Waals surface area contributed by atoms with Crippen molar-refractivity contribution in [2.75, 3.05) is 0 Å². The molecule has 0 aliphatic carbocycles. The average Bonchev–Trinajstić information content (AvgIpc) is 2.65. The summed E-state index contributed by atoms with van der Waals surface area (Å²) in [5.74, 6) is -0.873. The fourth-order valence-electron chi connectivity index (χ4n) is 1.17. The first-order valence-electron chi connectivity index (χ1n) is 4.13. The molecule has 2 aromatic rings. The summed E-state index contributed by atoms with van der Waals surface area (Å²) in [6.45, 7) is 0. The van der Waals surface area contributed by atoms with Crippen LogP contribution >= 0.6 is 0 Å². The zero-order valence-corrected chi connectivity index (χ0v) is 8.48. The predicted octanol–water partition coefficient (Wildman–Crippen LogP) is -3.87. The molecule has 1 heterocycles. The van der Waals surface area contributed by atoms with Gasteiger partial charge in [-0.05, 0) is 5.56 Å². The first kappa shape index (κ1) is 12.3. The number of carboxylic acids is 1. The van der Waals surface area contributed by atoms with Gasteiger partial charge in [0.25, 0.3) is 0 Å². The quantitative estimate of drug-likeness (QED) is 0.496. The molecule has 0 spiro atoms. The summed E-state index contributed by atoms with van der Waals surface area (Å²) in [5.41, 5.74) is 0.295. The van der Waals surface area contributed by atoms with Gasteiger partial charge in [0.05, 0.1) is 5.97 Å². The van der Waals surface area contributed by atoms with Gasteiger partial charge in [-0.1, -0.05) is 24.3 Å². The molecule has 0 radical (unpaired) electrons. The fraction of sp³-hybridized carbons (Fsp3) is 0. The Morgan fingerprint density at radius 1 is 1.25 bits per heavy atom. The Morgan fingerprint density at radius 3 is 2.31 bits per heavy atom. The molecule has 0 saturated heterocycles. The molecular weight excluding hydrogens is 205 g/mol. The minimum absolute atomic E-state index is 0. The largest absolute Gasteiger partial charge is 1.00 e. The Kier molecular flexibility index (Phi) is 3.72. The number of hydrogen-bond donors (Lipinski definition) is 2. The summed E-state index contributed by atoms with van der Waals surface area (Å²) in [5, 5.41) is 16.4. The van der Waals surface area contributed by atoms with Gasteiger partial charge in [-0.25, -0.2) is 9.89 Å². The van der Waals surface area contributed by atoms with Crippen molar-refractivity contribution in [3.63, 3.8) is 0 Å². The minimum Gasteiger partial charge on any atom is -0.545 e. The Bertz CT molecular complexity index is 544. The van der Waals surface area contributed by atoms with E-state index in [-0.39, 0.29) is 24.4 Å². The van der Waals surface area contributed by atoms with Crippen LogP contribution < -0.4 is 29.7 Å². The van der Waals surface area contributed by atoms with Crippen LogP contribution in [-0.4, -0.2) is 21.2 Å². The number of rotatable bonds is 2. The maximum absolute atomic E-state index is 10.8. The monoisotopic (exact) mass is 211 g/mol. The third-order valence-corrected chi connectivity index (χ3v) is 1.90. The van der Waals surface area contributed by atoms with Crippen LogP contribution in [0.5, 0.6) is 0 Å². The summed E-state index contributed by atoms with van der Waals surface area (Å²) >= 11 is 0. The van der Waals surface area contributed by atoms with Crippen molar-refractivity contribution in [2.24, 2.45) is 0 Å². The van der Waals surface area contributed by atoms with Gasteiger partial charge < -0.3 is 9.90 Å². The molecule has 76 valence electrons. The zero-order chi connectivity index (χ0) is 10.8. The SMILES string of the molecule is O=C([O-])c1ccc(-c2n[nH]c(=O)[nH]2)cc1.[Li+]. The summed E-state index contributed by atoms with van der Waals surface area (Å²) < 4.78 is 0. The molecule has 2 rings (SSSR count). The van der Waals surface area contributed by atoms with Crippen molar-refractivity contribution in [1.82, 2.24) is 15.2 Å². The summed E-state index contributed by atoms with van der Waals surface area (Å²) in [4.78, 5) is 23.7. The van der Waals surface area contributed by atoms with Crippen LogP contribution in [0.2, 0.25) is 0 Å². The van der Waals surface area contributed by atoms with Gasteiger partial charge in [0.1, 0.15) is 0 Å². The van der Waals surface area contributed by atoms with Crippen molar-refractivity contribution in [3.8, 4) is 11.4 Å². The molecule has 7 heteroatoms. The standard InChI is InChI=1S/C9H7N3O3.Li/c13-8(14)6-3-1-5(2-4-6)7-10-9(15)12-11-7;/h1-4H,(H,13,14)(H2,10,11,12,15);/q;+1/p-1. The first-order chi connectivity index (χ1) is 7.16. The van der Waals surface area contributed by atoms with Gasteiger partial charge in [0.15, 0.2) is 5.82 Å². The van der Waals surface area contributed by atoms with Gasteiger partial charge in [-0.2, -0.15) is 5.10 Å². The van der Waals surface area contributed by atoms with Gasteiger partial charge >= 0.3 is 24.6 Å². The smallest absolute Gasteiger partial charge is 0.545 e. The van der Waals surface area contributed by atoms with Crippen molar-refractivity contribution in [2.45, 2.75) is 0 Å².